The normalized spacial score (nSPS) is 27.8. The van der Waals surface area contributed by atoms with Crippen LogP contribution in [0.1, 0.15) is 72.9 Å². The number of nitrogens with one attached hydrogen (secondary N) is 1. The molecule has 0 radical (unpaired) electrons. The first-order chi connectivity index (χ1) is 13.3. The van der Waals surface area contributed by atoms with E-state index >= 15 is 0 Å². The summed E-state index contributed by atoms with van der Waals surface area (Å²) in [6.45, 7) is 7.60. The zero-order chi connectivity index (χ0) is 19.7. The summed E-state index contributed by atoms with van der Waals surface area (Å²) in [5.41, 5.74) is 5.00. The van der Waals surface area contributed by atoms with Gasteiger partial charge in [0.05, 0.1) is 0 Å². The SMILES string of the molecule is CC1(C)[C@@H]2Cc3c(O)cccc3[C@]1(C)CCN2C(=O)c1n[nH]c2c1CCCC2. The molecule has 28 heavy (non-hydrogen) atoms. The van der Waals surface area contributed by atoms with Gasteiger partial charge in [-0.2, -0.15) is 5.10 Å². The molecule has 1 aromatic carbocycles. The molecule has 1 amide bonds. The van der Waals surface area contributed by atoms with E-state index < -0.39 is 0 Å². The fourth-order valence-corrected chi connectivity index (χ4v) is 5.96. The first-order valence-corrected chi connectivity index (χ1v) is 10.5. The van der Waals surface area contributed by atoms with Gasteiger partial charge in [0.25, 0.3) is 5.91 Å². The predicted octanol–water partition coefficient (Wildman–Crippen LogP) is 3.75. The van der Waals surface area contributed by atoms with E-state index in [1.165, 1.54) is 5.56 Å². The summed E-state index contributed by atoms with van der Waals surface area (Å²) in [6.07, 6.45) is 5.81. The number of aromatic hydroxyl groups is 1. The van der Waals surface area contributed by atoms with Crippen LogP contribution in [0.25, 0.3) is 0 Å². The molecule has 1 saturated heterocycles. The average Bonchev–Trinajstić information content (AvgIpc) is 3.09. The van der Waals surface area contributed by atoms with Gasteiger partial charge in [-0.3, -0.25) is 9.89 Å². The third-order valence-electron chi connectivity index (χ3n) is 8.15. The molecule has 0 unspecified atom stereocenters. The van der Waals surface area contributed by atoms with Crippen molar-refractivity contribution >= 4 is 5.91 Å². The van der Waals surface area contributed by atoms with Crippen molar-refractivity contribution in [3.05, 3.63) is 46.3 Å². The molecule has 0 spiro atoms. The van der Waals surface area contributed by atoms with Crippen molar-refractivity contribution in [2.45, 2.75) is 70.8 Å². The number of phenolic OH excluding ortho intramolecular Hbond substituents is 1. The third kappa shape index (κ3) is 2.19. The number of aromatic nitrogens is 2. The van der Waals surface area contributed by atoms with Crippen molar-refractivity contribution in [1.29, 1.82) is 0 Å². The second kappa shape index (κ2) is 5.85. The number of H-pyrrole nitrogens is 1. The standard InChI is InChI=1S/C23H29N3O2/c1-22(2)19-13-15-16(8-6-10-18(15)27)23(22,3)11-12-26(19)21(28)20-14-7-4-5-9-17(14)24-25-20/h6,8,10,19,27H,4-5,7,9,11-13H2,1-3H3,(H,24,25)/t19-,23-/m0/s1. The minimum absolute atomic E-state index is 0.0514. The molecule has 1 aliphatic heterocycles. The first-order valence-electron chi connectivity index (χ1n) is 10.5. The minimum Gasteiger partial charge on any atom is -0.508 e. The Labute approximate surface area is 166 Å². The van der Waals surface area contributed by atoms with Crippen LogP contribution < -0.4 is 0 Å². The summed E-state index contributed by atoms with van der Waals surface area (Å²) >= 11 is 0. The van der Waals surface area contributed by atoms with Gasteiger partial charge in [0.1, 0.15) is 5.75 Å². The highest BCUT2D eigenvalue weighted by molar-refractivity contribution is 5.94. The van der Waals surface area contributed by atoms with Gasteiger partial charge in [0, 0.05) is 29.3 Å². The summed E-state index contributed by atoms with van der Waals surface area (Å²) in [7, 11) is 0. The van der Waals surface area contributed by atoms with Gasteiger partial charge in [-0.1, -0.05) is 32.9 Å². The largest absolute Gasteiger partial charge is 0.508 e. The van der Waals surface area contributed by atoms with Crippen LogP contribution in [0.5, 0.6) is 5.75 Å². The van der Waals surface area contributed by atoms with Crippen LogP contribution in [0.15, 0.2) is 18.2 Å². The summed E-state index contributed by atoms with van der Waals surface area (Å²) < 4.78 is 0. The van der Waals surface area contributed by atoms with E-state index in [2.05, 4.69) is 37.0 Å². The predicted molar refractivity (Wildman–Crippen MR) is 108 cm³/mol. The number of aromatic amines is 1. The highest BCUT2D eigenvalue weighted by Gasteiger charge is 2.57. The van der Waals surface area contributed by atoms with Crippen LogP contribution in [0, 0.1) is 5.41 Å². The topological polar surface area (TPSA) is 69.2 Å². The summed E-state index contributed by atoms with van der Waals surface area (Å²) in [5, 5.41) is 18.1. The average molecular weight is 380 g/mol. The van der Waals surface area contributed by atoms with Crippen LogP contribution in [-0.2, 0) is 24.7 Å². The molecule has 2 aliphatic carbocycles. The van der Waals surface area contributed by atoms with Crippen molar-refractivity contribution in [2.75, 3.05) is 6.54 Å². The molecule has 2 atom stereocenters. The lowest BCUT2D eigenvalue weighted by atomic mass is 9.51. The van der Waals surface area contributed by atoms with Crippen molar-refractivity contribution in [2.24, 2.45) is 5.41 Å². The number of hydrogen-bond acceptors (Lipinski definition) is 3. The molecule has 2 heterocycles. The van der Waals surface area contributed by atoms with E-state index in [1.807, 2.05) is 11.0 Å². The van der Waals surface area contributed by atoms with Crippen LogP contribution in [0.2, 0.25) is 0 Å². The number of phenols is 1. The molecule has 5 nitrogen and oxygen atoms in total. The molecular formula is C23H29N3O2. The van der Waals surface area contributed by atoms with E-state index in [-0.39, 0.29) is 22.8 Å². The fourth-order valence-electron chi connectivity index (χ4n) is 5.96. The number of fused-ring (bicyclic) bond motifs is 5. The maximum absolute atomic E-state index is 13.6. The quantitative estimate of drug-likeness (QED) is 0.793. The first kappa shape index (κ1) is 17.8. The number of likely N-dealkylation sites (tertiary alicyclic amines) is 1. The Bertz CT molecular complexity index is 961. The van der Waals surface area contributed by atoms with Crippen molar-refractivity contribution < 1.29 is 9.90 Å². The second-order valence-electron chi connectivity index (χ2n) is 9.56. The van der Waals surface area contributed by atoms with Crippen molar-refractivity contribution in [1.82, 2.24) is 15.1 Å². The Balaban J connectivity index is 1.57. The monoisotopic (exact) mass is 379 g/mol. The second-order valence-corrected chi connectivity index (χ2v) is 9.56. The Kier molecular flexibility index (Phi) is 3.71. The minimum atomic E-state index is -0.0852. The van der Waals surface area contributed by atoms with Gasteiger partial charge in [-0.05, 0) is 61.1 Å². The van der Waals surface area contributed by atoms with Gasteiger partial charge in [-0.15, -0.1) is 0 Å². The number of benzene rings is 1. The lowest BCUT2D eigenvalue weighted by Crippen LogP contribution is -2.65. The molecule has 0 saturated carbocycles. The summed E-state index contributed by atoms with van der Waals surface area (Å²) in [4.78, 5) is 15.6. The van der Waals surface area contributed by atoms with E-state index in [0.29, 0.717) is 17.9 Å². The molecule has 2 N–H and O–H groups in total. The highest BCUT2D eigenvalue weighted by atomic mass is 16.3. The lowest BCUT2D eigenvalue weighted by Gasteiger charge is -2.60. The Morgan fingerprint density at radius 3 is 2.82 bits per heavy atom. The van der Waals surface area contributed by atoms with E-state index in [1.54, 1.807) is 6.07 Å². The van der Waals surface area contributed by atoms with Crippen molar-refractivity contribution in [3.63, 3.8) is 0 Å². The molecule has 148 valence electrons. The Morgan fingerprint density at radius 2 is 2.00 bits per heavy atom. The third-order valence-corrected chi connectivity index (χ3v) is 8.15. The van der Waals surface area contributed by atoms with Crippen LogP contribution in [0.3, 0.4) is 0 Å². The van der Waals surface area contributed by atoms with Gasteiger partial charge in [0.2, 0.25) is 0 Å². The van der Waals surface area contributed by atoms with Crippen molar-refractivity contribution in [3.8, 4) is 5.75 Å². The zero-order valence-electron chi connectivity index (χ0n) is 17.0. The number of carbonyl (C=O) groups is 1. The number of amides is 1. The number of piperidine rings is 1. The Hall–Kier alpha value is -2.30. The highest BCUT2D eigenvalue weighted by Crippen LogP contribution is 2.57. The van der Waals surface area contributed by atoms with E-state index in [0.717, 1.165) is 55.5 Å². The molecule has 5 rings (SSSR count). The van der Waals surface area contributed by atoms with E-state index in [4.69, 9.17) is 0 Å². The summed E-state index contributed by atoms with van der Waals surface area (Å²) in [5.74, 6) is 0.411. The molecule has 3 aliphatic rings. The molecule has 1 fully saturated rings. The van der Waals surface area contributed by atoms with Gasteiger partial charge < -0.3 is 10.0 Å². The zero-order valence-corrected chi connectivity index (χ0v) is 17.0. The molecule has 2 bridgehead atoms. The Morgan fingerprint density at radius 1 is 1.21 bits per heavy atom. The molecule has 1 aromatic heterocycles. The van der Waals surface area contributed by atoms with Gasteiger partial charge in [-0.25, -0.2) is 0 Å². The number of hydrogen-bond donors (Lipinski definition) is 2. The smallest absolute Gasteiger partial charge is 0.274 e. The van der Waals surface area contributed by atoms with Crippen LogP contribution in [0.4, 0.5) is 0 Å². The number of nitrogens with zero attached hydrogens (tertiary/aromatic N) is 2. The van der Waals surface area contributed by atoms with Gasteiger partial charge >= 0.3 is 0 Å². The number of carbonyl (C=O) groups excluding carboxylic acids is 1. The maximum atomic E-state index is 13.6. The van der Waals surface area contributed by atoms with Crippen LogP contribution in [-0.4, -0.2) is 38.7 Å². The summed E-state index contributed by atoms with van der Waals surface area (Å²) in [6, 6.07) is 5.93. The molecule has 5 heteroatoms. The fraction of sp³-hybridized carbons (Fsp3) is 0.565. The molecule has 2 aromatic rings. The number of aryl methyl sites for hydroxylation is 1. The maximum Gasteiger partial charge on any atom is 0.274 e. The lowest BCUT2D eigenvalue weighted by molar-refractivity contribution is -0.0269. The van der Waals surface area contributed by atoms with E-state index in [9.17, 15) is 9.90 Å². The molecular weight excluding hydrogens is 350 g/mol. The van der Waals surface area contributed by atoms with Gasteiger partial charge in [0.15, 0.2) is 5.69 Å². The van der Waals surface area contributed by atoms with Crippen LogP contribution >= 0.6 is 0 Å². The number of rotatable bonds is 1.